The maximum Gasteiger partial charge on any atom is 0.352 e. The van der Waals surface area contributed by atoms with Gasteiger partial charge in [0.15, 0.2) is 0 Å². The van der Waals surface area contributed by atoms with Crippen LogP contribution in [0, 0.1) is 5.92 Å². The van der Waals surface area contributed by atoms with Crippen molar-refractivity contribution in [2.24, 2.45) is 13.0 Å². The highest BCUT2D eigenvalue weighted by atomic mass is 32.2. The Bertz CT molecular complexity index is 641. The molecule has 0 atom stereocenters. The minimum Gasteiger partial charge on any atom is -0.477 e. The lowest BCUT2D eigenvalue weighted by molar-refractivity contribution is 0.0686. The van der Waals surface area contributed by atoms with E-state index in [1.54, 1.807) is 11.4 Å². The molecule has 2 aliphatic rings. The molecule has 0 amide bonds. The second kappa shape index (κ2) is 4.60. The number of aromatic nitrogens is 1. The van der Waals surface area contributed by atoms with Gasteiger partial charge in [0.1, 0.15) is 10.6 Å². The molecule has 0 spiro atoms. The Hall–Kier alpha value is -1.34. The molecule has 110 valence electrons. The second-order valence-corrected chi connectivity index (χ2v) is 7.62. The highest BCUT2D eigenvalue weighted by Gasteiger charge is 2.41. The van der Waals surface area contributed by atoms with Crippen molar-refractivity contribution >= 4 is 16.0 Å². The van der Waals surface area contributed by atoms with Gasteiger partial charge >= 0.3 is 5.97 Å². The highest BCUT2D eigenvalue weighted by molar-refractivity contribution is 7.89. The van der Waals surface area contributed by atoms with Gasteiger partial charge in [0, 0.05) is 25.8 Å². The van der Waals surface area contributed by atoms with Crippen molar-refractivity contribution in [1.29, 1.82) is 0 Å². The summed E-state index contributed by atoms with van der Waals surface area (Å²) in [6.45, 7) is 0.574. The van der Waals surface area contributed by atoms with Crippen LogP contribution in [0.5, 0.6) is 0 Å². The Labute approximate surface area is 118 Å². The summed E-state index contributed by atoms with van der Waals surface area (Å²) < 4.78 is 28.3. The van der Waals surface area contributed by atoms with E-state index >= 15 is 0 Å². The van der Waals surface area contributed by atoms with Crippen LogP contribution in [0.3, 0.4) is 0 Å². The topological polar surface area (TPSA) is 79.6 Å². The number of aryl methyl sites for hydroxylation is 1. The number of nitrogens with zero attached hydrogens (tertiary/aromatic N) is 2. The van der Waals surface area contributed by atoms with E-state index in [-0.39, 0.29) is 16.6 Å². The molecule has 2 saturated carbocycles. The van der Waals surface area contributed by atoms with Gasteiger partial charge in [0.25, 0.3) is 0 Å². The molecule has 0 saturated heterocycles. The summed E-state index contributed by atoms with van der Waals surface area (Å²) in [4.78, 5) is 11.1. The van der Waals surface area contributed by atoms with Crippen LogP contribution in [0.4, 0.5) is 0 Å². The Morgan fingerprint density at radius 1 is 1.40 bits per heavy atom. The maximum atomic E-state index is 12.7. The van der Waals surface area contributed by atoms with E-state index in [1.165, 1.54) is 16.8 Å². The Morgan fingerprint density at radius 3 is 2.50 bits per heavy atom. The molecule has 0 aromatic carbocycles. The smallest absolute Gasteiger partial charge is 0.352 e. The number of carboxylic acids is 1. The predicted molar refractivity (Wildman–Crippen MR) is 72.0 cm³/mol. The first-order valence-corrected chi connectivity index (χ1v) is 8.25. The molecule has 1 aromatic rings. The van der Waals surface area contributed by atoms with Gasteiger partial charge in [-0.25, -0.2) is 13.2 Å². The summed E-state index contributed by atoms with van der Waals surface area (Å²) in [5, 5.41) is 9.03. The first kappa shape index (κ1) is 13.6. The predicted octanol–water partition coefficient (Wildman–Crippen LogP) is 1.29. The number of carbonyl (C=O) groups is 1. The zero-order chi connectivity index (χ0) is 14.5. The normalized spacial score (nSPS) is 19.5. The standard InChI is InChI=1S/C13H18N2O4S/c1-14-8-11(6-12(14)13(16)17)20(18,19)15(10-4-5-10)7-9-2-3-9/h6,8-10H,2-5,7H2,1H3,(H,16,17). The number of hydrogen-bond donors (Lipinski definition) is 1. The molecule has 2 aliphatic carbocycles. The molecular weight excluding hydrogens is 280 g/mol. The summed E-state index contributed by atoms with van der Waals surface area (Å²) in [6.07, 6.45) is 5.39. The van der Waals surface area contributed by atoms with Gasteiger partial charge in [0.05, 0.1) is 0 Å². The van der Waals surface area contributed by atoms with Crippen LogP contribution < -0.4 is 0 Å². The van der Waals surface area contributed by atoms with Crippen molar-refractivity contribution in [3.63, 3.8) is 0 Å². The van der Waals surface area contributed by atoms with Gasteiger partial charge in [0.2, 0.25) is 10.0 Å². The summed E-state index contributed by atoms with van der Waals surface area (Å²) in [5.41, 5.74) is -0.00857. The zero-order valence-corrected chi connectivity index (χ0v) is 12.1. The second-order valence-electron chi connectivity index (χ2n) is 5.73. The minimum atomic E-state index is -3.58. The third-order valence-electron chi connectivity index (χ3n) is 3.89. The number of rotatable bonds is 6. The lowest BCUT2D eigenvalue weighted by atomic mass is 10.4. The molecular formula is C13H18N2O4S. The molecule has 7 heteroatoms. The molecule has 2 fully saturated rings. The highest BCUT2D eigenvalue weighted by Crippen LogP contribution is 2.38. The summed E-state index contributed by atoms with van der Waals surface area (Å²) in [7, 11) is -2.03. The van der Waals surface area contributed by atoms with Gasteiger partial charge in [-0.15, -0.1) is 0 Å². The molecule has 1 aromatic heterocycles. The van der Waals surface area contributed by atoms with Gasteiger partial charge in [-0.1, -0.05) is 0 Å². The van der Waals surface area contributed by atoms with Gasteiger partial charge in [-0.2, -0.15) is 4.31 Å². The van der Waals surface area contributed by atoms with Crippen molar-refractivity contribution in [1.82, 2.24) is 8.87 Å². The SMILES string of the molecule is Cn1cc(S(=O)(=O)N(CC2CC2)C2CC2)cc1C(=O)O. The molecule has 0 radical (unpaired) electrons. The van der Waals surface area contributed by atoms with Crippen molar-refractivity contribution in [2.75, 3.05) is 6.54 Å². The maximum absolute atomic E-state index is 12.7. The fourth-order valence-electron chi connectivity index (χ4n) is 2.38. The van der Waals surface area contributed by atoms with Crippen molar-refractivity contribution in [2.45, 2.75) is 36.6 Å². The largest absolute Gasteiger partial charge is 0.477 e. The first-order chi connectivity index (χ1) is 9.39. The lowest BCUT2D eigenvalue weighted by Gasteiger charge is -2.20. The minimum absolute atomic E-state index is 0.00857. The van der Waals surface area contributed by atoms with Gasteiger partial charge in [-0.3, -0.25) is 0 Å². The van der Waals surface area contributed by atoms with Crippen molar-refractivity contribution in [3.8, 4) is 0 Å². The summed E-state index contributed by atoms with van der Waals surface area (Å²) >= 11 is 0. The van der Waals surface area contributed by atoms with E-state index in [9.17, 15) is 13.2 Å². The van der Waals surface area contributed by atoms with E-state index < -0.39 is 16.0 Å². The quantitative estimate of drug-likeness (QED) is 0.858. The number of aromatic carboxylic acids is 1. The number of sulfonamides is 1. The molecule has 3 rings (SSSR count). The van der Waals surface area contributed by atoms with Crippen LogP contribution in [0.2, 0.25) is 0 Å². The van der Waals surface area contributed by atoms with Crippen molar-refractivity contribution < 1.29 is 18.3 Å². The third kappa shape index (κ3) is 2.47. The Morgan fingerprint density at radius 2 is 2.05 bits per heavy atom. The van der Waals surface area contributed by atoms with E-state index in [4.69, 9.17) is 5.11 Å². The Kier molecular flexibility index (Phi) is 3.13. The fraction of sp³-hybridized carbons (Fsp3) is 0.615. The molecule has 1 N–H and O–H groups in total. The van der Waals surface area contributed by atoms with Crippen LogP contribution in [-0.4, -0.2) is 41.0 Å². The van der Waals surface area contributed by atoms with E-state index in [1.807, 2.05) is 0 Å². The van der Waals surface area contributed by atoms with Gasteiger partial charge < -0.3 is 9.67 Å². The molecule has 20 heavy (non-hydrogen) atoms. The van der Waals surface area contributed by atoms with E-state index in [0.29, 0.717) is 12.5 Å². The zero-order valence-electron chi connectivity index (χ0n) is 11.3. The van der Waals surface area contributed by atoms with Crippen LogP contribution in [-0.2, 0) is 17.1 Å². The average Bonchev–Trinajstić information content (AvgIpc) is 3.25. The summed E-state index contributed by atoms with van der Waals surface area (Å²) in [5.74, 6) is -0.637. The monoisotopic (exact) mass is 298 g/mol. The van der Waals surface area contributed by atoms with Crippen LogP contribution in [0.25, 0.3) is 0 Å². The van der Waals surface area contributed by atoms with Crippen LogP contribution in [0.1, 0.15) is 36.2 Å². The van der Waals surface area contributed by atoms with Gasteiger partial charge in [-0.05, 0) is 37.7 Å². The van der Waals surface area contributed by atoms with Crippen LogP contribution >= 0.6 is 0 Å². The molecule has 1 heterocycles. The van der Waals surface area contributed by atoms with E-state index in [0.717, 1.165) is 25.7 Å². The third-order valence-corrected chi connectivity index (χ3v) is 5.78. The molecule has 0 bridgehead atoms. The Balaban J connectivity index is 1.92. The lowest BCUT2D eigenvalue weighted by Crippen LogP contribution is -2.34. The first-order valence-electron chi connectivity index (χ1n) is 6.81. The molecule has 6 nitrogen and oxygen atoms in total. The van der Waals surface area contributed by atoms with Crippen molar-refractivity contribution in [3.05, 3.63) is 18.0 Å². The van der Waals surface area contributed by atoms with E-state index in [2.05, 4.69) is 0 Å². The number of hydrogen-bond acceptors (Lipinski definition) is 3. The number of carboxylic acid groups (broad SMARTS) is 1. The van der Waals surface area contributed by atoms with Crippen LogP contribution in [0.15, 0.2) is 17.2 Å². The summed E-state index contributed by atoms with van der Waals surface area (Å²) in [6, 6.07) is 1.36. The average molecular weight is 298 g/mol. The fourth-order valence-corrected chi connectivity index (χ4v) is 4.22. The molecule has 0 unspecified atom stereocenters. The molecule has 0 aliphatic heterocycles.